The second-order valence-corrected chi connectivity index (χ2v) is 10.7. The van der Waals surface area contributed by atoms with Gasteiger partial charge in [-0.1, -0.05) is 77.4 Å². The molecule has 1 heterocycles. The Morgan fingerprint density at radius 2 is 1.36 bits per heavy atom. The lowest BCUT2D eigenvalue weighted by molar-refractivity contribution is -0.129. The molecule has 0 radical (unpaired) electrons. The van der Waals surface area contributed by atoms with Crippen LogP contribution in [0.1, 0.15) is 72.3 Å². The molecule has 0 bridgehead atoms. The lowest BCUT2D eigenvalue weighted by Gasteiger charge is -2.13. The molecule has 11 heteroatoms. The van der Waals surface area contributed by atoms with Gasteiger partial charge in [0.2, 0.25) is 24.6 Å². The van der Waals surface area contributed by atoms with Crippen LogP contribution in [0.25, 0.3) is 0 Å². The van der Waals surface area contributed by atoms with E-state index in [2.05, 4.69) is 87.0 Å². The van der Waals surface area contributed by atoms with Crippen molar-refractivity contribution in [2.75, 3.05) is 13.1 Å². The number of nitrogens with zero attached hydrogens (tertiary/aromatic N) is 2. The Hall–Kier alpha value is -4.02. The normalized spacial score (nSPS) is 9.93. The molecule has 2 rings (SSSR count). The molecule has 0 saturated heterocycles. The number of hydrogen-bond donors (Lipinski definition) is 4. The number of aryl methyl sites for hydroxylation is 3. The Morgan fingerprint density at radius 1 is 0.857 bits per heavy atom. The second-order valence-electron chi connectivity index (χ2n) is 10.7. The minimum atomic E-state index is -0.750. The van der Waals surface area contributed by atoms with Gasteiger partial charge in [-0.15, -0.1) is 0 Å². The van der Waals surface area contributed by atoms with E-state index in [4.69, 9.17) is 0 Å². The Morgan fingerprint density at radius 3 is 1.71 bits per heavy atom. The predicted molar refractivity (Wildman–Crippen MR) is 168 cm³/mol. The number of carbonyl (C=O) groups is 5. The standard InChI is InChI=1S/C9H15N3O4.C7H11N3O.C7H8.2C4H10/c1-6(14)3-11-9(16)7(2)12-8(15)4-10-5-13;1-6-3-7(4-8-5-11)10(2)9-6;1-7-5-3-2-4-6-7;2*1-4(2)3/h5,7H,3-4H2,1-2H3,(H,10,13)(H,11,16)(H,12,15);3,5H,4H2,1-2H3,(H,8,11);2-6H,1H3;2*4H,1-3H3. The van der Waals surface area contributed by atoms with Crippen LogP contribution >= 0.6 is 0 Å². The van der Waals surface area contributed by atoms with E-state index in [-0.39, 0.29) is 18.9 Å². The first kappa shape index (κ1) is 42.4. The zero-order valence-electron chi connectivity index (χ0n) is 27.4. The largest absolute Gasteiger partial charge is 0.353 e. The van der Waals surface area contributed by atoms with Gasteiger partial charge in [-0.05, 0) is 45.6 Å². The number of Topliss-reactive ketones (excluding diaryl/α,β-unsaturated/α-hetero) is 1. The summed E-state index contributed by atoms with van der Waals surface area (Å²) in [7, 11) is 1.86. The quantitative estimate of drug-likeness (QED) is 0.312. The van der Waals surface area contributed by atoms with Crippen molar-refractivity contribution in [3.8, 4) is 0 Å². The van der Waals surface area contributed by atoms with Gasteiger partial charge in [0, 0.05) is 7.05 Å². The Kier molecular flexibility index (Phi) is 27.5. The monoisotopic (exact) mass is 590 g/mol. The summed E-state index contributed by atoms with van der Waals surface area (Å²) in [5, 5.41) is 13.6. The molecular formula is C31H54N6O5. The van der Waals surface area contributed by atoms with E-state index in [1.54, 1.807) is 4.68 Å². The maximum atomic E-state index is 11.3. The molecule has 42 heavy (non-hydrogen) atoms. The molecule has 1 unspecified atom stereocenters. The van der Waals surface area contributed by atoms with Gasteiger partial charge in [-0.3, -0.25) is 28.7 Å². The van der Waals surface area contributed by atoms with Crippen LogP contribution in [0.4, 0.5) is 0 Å². The van der Waals surface area contributed by atoms with Gasteiger partial charge in [0.05, 0.1) is 31.0 Å². The fourth-order valence-corrected chi connectivity index (χ4v) is 2.37. The first-order valence-corrected chi connectivity index (χ1v) is 14.0. The average Bonchev–Trinajstić information content (AvgIpc) is 3.21. The maximum absolute atomic E-state index is 11.3. The van der Waals surface area contributed by atoms with Crippen molar-refractivity contribution in [2.45, 2.75) is 81.8 Å². The van der Waals surface area contributed by atoms with E-state index in [1.165, 1.54) is 19.4 Å². The third-order valence-electron chi connectivity index (χ3n) is 4.03. The highest BCUT2D eigenvalue weighted by Gasteiger charge is 2.14. The molecule has 238 valence electrons. The molecule has 0 saturated carbocycles. The molecule has 0 spiro atoms. The van der Waals surface area contributed by atoms with E-state index < -0.39 is 17.9 Å². The number of benzene rings is 1. The fourth-order valence-electron chi connectivity index (χ4n) is 2.37. The van der Waals surface area contributed by atoms with E-state index in [0.29, 0.717) is 19.4 Å². The van der Waals surface area contributed by atoms with Gasteiger partial charge in [0.1, 0.15) is 11.8 Å². The summed E-state index contributed by atoms with van der Waals surface area (Å²) in [6.45, 7) is 20.1. The van der Waals surface area contributed by atoms with Crippen molar-refractivity contribution in [3.63, 3.8) is 0 Å². The molecule has 1 aromatic heterocycles. The van der Waals surface area contributed by atoms with E-state index in [0.717, 1.165) is 23.2 Å². The summed E-state index contributed by atoms with van der Waals surface area (Å²) >= 11 is 0. The van der Waals surface area contributed by atoms with Crippen LogP contribution in [-0.2, 0) is 37.6 Å². The van der Waals surface area contributed by atoms with E-state index in [9.17, 15) is 24.0 Å². The van der Waals surface area contributed by atoms with Crippen molar-refractivity contribution < 1.29 is 24.0 Å². The summed E-state index contributed by atoms with van der Waals surface area (Å²) in [6, 6.07) is 11.5. The van der Waals surface area contributed by atoms with Crippen LogP contribution in [-0.4, -0.2) is 59.3 Å². The Labute approximate surface area is 252 Å². The van der Waals surface area contributed by atoms with Crippen LogP contribution in [0.5, 0.6) is 0 Å². The number of hydrogen-bond acceptors (Lipinski definition) is 6. The highest BCUT2D eigenvalue weighted by Crippen LogP contribution is 2.00. The van der Waals surface area contributed by atoms with Crippen LogP contribution in [0.3, 0.4) is 0 Å². The molecule has 2 aromatic rings. The lowest BCUT2D eigenvalue weighted by Crippen LogP contribution is -2.48. The number of aromatic nitrogens is 2. The summed E-state index contributed by atoms with van der Waals surface area (Å²) < 4.78 is 1.76. The Balaban J connectivity index is -0.000000503. The molecule has 0 aliphatic carbocycles. The van der Waals surface area contributed by atoms with E-state index >= 15 is 0 Å². The van der Waals surface area contributed by atoms with Crippen molar-refractivity contribution in [1.29, 1.82) is 0 Å². The number of amides is 4. The van der Waals surface area contributed by atoms with Crippen molar-refractivity contribution in [1.82, 2.24) is 31.0 Å². The smallest absolute Gasteiger partial charge is 0.242 e. The van der Waals surface area contributed by atoms with E-state index in [1.807, 2.05) is 38.2 Å². The zero-order valence-corrected chi connectivity index (χ0v) is 27.4. The molecule has 11 nitrogen and oxygen atoms in total. The fraction of sp³-hybridized carbons (Fsp3) is 0.548. The molecule has 0 aliphatic heterocycles. The van der Waals surface area contributed by atoms with Crippen LogP contribution < -0.4 is 21.3 Å². The van der Waals surface area contributed by atoms with Crippen LogP contribution in [0.15, 0.2) is 36.4 Å². The van der Waals surface area contributed by atoms with Crippen LogP contribution in [0.2, 0.25) is 0 Å². The third kappa shape index (κ3) is 32.2. The molecule has 4 amide bonds. The molecule has 0 aliphatic rings. The van der Waals surface area contributed by atoms with Crippen LogP contribution in [0, 0.1) is 25.7 Å². The van der Waals surface area contributed by atoms with Gasteiger partial charge in [0.25, 0.3) is 0 Å². The molecular weight excluding hydrogens is 536 g/mol. The van der Waals surface area contributed by atoms with Crippen molar-refractivity contribution >= 4 is 30.4 Å². The minimum absolute atomic E-state index is 0.0639. The molecule has 1 atom stereocenters. The molecule has 1 aromatic carbocycles. The number of rotatable bonds is 10. The van der Waals surface area contributed by atoms with Crippen molar-refractivity contribution in [2.24, 2.45) is 18.9 Å². The third-order valence-corrected chi connectivity index (χ3v) is 4.03. The number of nitrogens with one attached hydrogen (secondary N) is 4. The maximum Gasteiger partial charge on any atom is 0.242 e. The predicted octanol–water partition coefficient (Wildman–Crippen LogP) is 3.24. The van der Waals surface area contributed by atoms with Gasteiger partial charge in [-0.25, -0.2) is 0 Å². The Bertz CT molecular complexity index is 995. The van der Waals surface area contributed by atoms with Crippen molar-refractivity contribution in [3.05, 3.63) is 53.3 Å². The van der Waals surface area contributed by atoms with Gasteiger partial charge >= 0.3 is 0 Å². The van der Waals surface area contributed by atoms with Gasteiger partial charge in [0.15, 0.2) is 0 Å². The highest BCUT2D eigenvalue weighted by atomic mass is 16.2. The average molecular weight is 591 g/mol. The first-order chi connectivity index (χ1) is 19.6. The SMILES string of the molecule is CC(=O)CNC(=O)C(C)NC(=O)CNC=O.CC(C)C.CC(C)C.Cc1cc(CNC=O)n(C)n1.Cc1ccccc1. The molecule has 4 N–H and O–H groups in total. The lowest BCUT2D eigenvalue weighted by atomic mass is 10.2. The summed E-state index contributed by atoms with van der Waals surface area (Å²) in [6.07, 6.45) is 1.07. The number of ketones is 1. The zero-order chi connectivity index (χ0) is 33.1. The summed E-state index contributed by atoms with van der Waals surface area (Å²) in [5.41, 5.74) is 3.30. The summed E-state index contributed by atoms with van der Waals surface area (Å²) in [5.74, 6) is 0.571. The summed E-state index contributed by atoms with van der Waals surface area (Å²) in [4.78, 5) is 52.8. The molecule has 0 fully saturated rings. The topological polar surface area (TPSA) is 151 Å². The number of carbonyl (C=O) groups excluding carboxylic acids is 5. The highest BCUT2D eigenvalue weighted by molar-refractivity contribution is 5.90. The van der Waals surface area contributed by atoms with Gasteiger partial charge < -0.3 is 21.3 Å². The first-order valence-electron chi connectivity index (χ1n) is 14.0. The minimum Gasteiger partial charge on any atom is -0.353 e. The second kappa shape index (κ2) is 27.2. The van der Waals surface area contributed by atoms with Gasteiger partial charge in [-0.2, -0.15) is 5.10 Å².